The number of hydrogen-bond donors (Lipinski definition) is 0. The second-order valence-electron chi connectivity index (χ2n) is 5.88. The lowest BCUT2D eigenvalue weighted by Crippen LogP contribution is -2.07. The average Bonchev–Trinajstić information content (AvgIpc) is 3.26. The number of halogens is 1. The lowest BCUT2D eigenvalue weighted by Gasteiger charge is -2.09. The number of pyridine rings is 1. The van der Waals surface area contributed by atoms with E-state index in [1.54, 1.807) is 37.4 Å². The molecule has 140 valence electrons. The van der Waals surface area contributed by atoms with Crippen molar-refractivity contribution >= 4 is 28.5 Å². The van der Waals surface area contributed by atoms with Crippen molar-refractivity contribution in [2.45, 2.75) is 6.61 Å². The molecule has 2 aromatic heterocycles. The molecule has 0 saturated heterocycles. The first-order valence-corrected chi connectivity index (χ1v) is 8.65. The van der Waals surface area contributed by atoms with Crippen molar-refractivity contribution in [3.63, 3.8) is 0 Å². The summed E-state index contributed by atoms with van der Waals surface area (Å²) in [4.78, 5) is 16.8. The molecule has 0 bridgehead atoms. The van der Waals surface area contributed by atoms with Crippen molar-refractivity contribution in [1.29, 1.82) is 0 Å². The van der Waals surface area contributed by atoms with Crippen LogP contribution >= 0.6 is 11.6 Å². The minimum atomic E-state index is -0.485. The van der Waals surface area contributed by atoms with Gasteiger partial charge < -0.3 is 9.47 Å². The van der Waals surface area contributed by atoms with Crippen molar-refractivity contribution in [2.75, 3.05) is 7.11 Å². The Morgan fingerprint density at radius 1 is 1.18 bits per heavy atom. The Labute approximate surface area is 164 Å². The van der Waals surface area contributed by atoms with Gasteiger partial charge in [0.15, 0.2) is 0 Å². The molecular formula is C19H14ClN5O3. The first-order valence-electron chi connectivity index (χ1n) is 8.28. The third-order valence-corrected chi connectivity index (χ3v) is 4.43. The number of carbonyl (C=O) groups is 1. The van der Waals surface area contributed by atoms with Gasteiger partial charge in [-0.15, -0.1) is 5.10 Å². The lowest BCUT2D eigenvalue weighted by atomic mass is 10.1. The number of ether oxygens (including phenoxy) is 2. The van der Waals surface area contributed by atoms with Crippen LogP contribution in [0.1, 0.15) is 15.9 Å². The zero-order chi connectivity index (χ0) is 19.5. The summed E-state index contributed by atoms with van der Waals surface area (Å²) < 4.78 is 12.1. The predicted molar refractivity (Wildman–Crippen MR) is 102 cm³/mol. The summed E-state index contributed by atoms with van der Waals surface area (Å²) in [5, 5.41) is 12.1. The number of methoxy groups -OCH3 is 1. The highest BCUT2D eigenvalue weighted by Gasteiger charge is 2.12. The van der Waals surface area contributed by atoms with Crippen molar-refractivity contribution in [2.24, 2.45) is 0 Å². The van der Waals surface area contributed by atoms with Gasteiger partial charge in [0, 0.05) is 17.0 Å². The molecule has 0 fully saturated rings. The summed E-state index contributed by atoms with van der Waals surface area (Å²) in [6, 6.07) is 14.2. The van der Waals surface area contributed by atoms with Gasteiger partial charge in [-0.1, -0.05) is 17.7 Å². The molecule has 8 nitrogen and oxygen atoms in total. The number of fused-ring (bicyclic) bond motifs is 1. The first-order chi connectivity index (χ1) is 13.6. The SMILES string of the molecule is COc1ccc2cc(COC(=O)c3cccc(-n4cnnn4)c3)c(Cl)nc2c1. The molecule has 0 atom stereocenters. The molecule has 0 aliphatic rings. The van der Waals surface area contributed by atoms with Crippen molar-refractivity contribution in [3.8, 4) is 11.4 Å². The highest BCUT2D eigenvalue weighted by atomic mass is 35.5. The normalized spacial score (nSPS) is 10.8. The highest BCUT2D eigenvalue weighted by Crippen LogP contribution is 2.25. The number of carbonyl (C=O) groups excluding carboxylic acids is 1. The second kappa shape index (κ2) is 7.61. The van der Waals surface area contributed by atoms with E-state index in [2.05, 4.69) is 20.5 Å². The Bertz CT molecular complexity index is 1150. The second-order valence-corrected chi connectivity index (χ2v) is 6.24. The minimum Gasteiger partial charge on any atom is -0.497 e. The van der Waals surface area contributed by atoms with Crippen LogP contribution in [0.5, 0.6) is 5.75 Å². The number of hydrogen-bond acceptors (Lipinski definition) is 7. The zero-order valence-corrected chi connectivity index (χ0v) is 15.5. The standard InChI is InChI=1S/C19H14ClN5O3/c1-27-16-6-5-12-7-14(18(20)22-17(12)9-16)10-28-19(26)13-3-2-4-15(8-13)25-11-21-23-24-25/h2-9,11H,10H2,1H3. The number of aromatic nitrogens is 5. The van der Waals surface area contributed by atoms with E-state index in [0.29, 0.717) is 28.1 Å². The largest absolute Gasteiger partial charge is 0.497 e. The Hall–Kier alpha value is -3.52. The first kappa shape index (κ1) is 17.9. The molecule has 2 heterocycles. The fourth-order valence-electron chi connectivity index (χ4n) is 2.68. The summed E-state index contributed by atoms with van der Waals surface area (Å²) in [5.41, 5.74) is 2.35. The van der Waals surface area contributed by atoms with E-state index in [1.807, 2.05) is 18.2 Å². The summed E-state index contributed by atoms with van der Waals surface area (Å²) in [6.45, 7) is 0.00173. The van der Waals surface area contributed by atoms with Crippen LogP contribution in [-0.4, -0.2) is 38.3 Å². The van der Waals surface area contributed by atoms with Gasteiger partial charge >= 0.3 is 5.97 Å². The van der Waals surface area contributed by atoms with Crippen LogP contribution in [0.15, 0.2) is 54.9 Å². The predicted octanol–water partition coefficient (Wildman–Crippen LogP) is 3.23. The molecule has 4 aromatic rings. The van der Waals surface area contributed by atoms with E-state index in [4.69, 9.17) is 21.1 Å². The van der Waals surface area contributed by atoms with E-state index < -0.39 is 5.97 Å². The van der Waals surface area contributed by atoms with Crippen LogP contribution in [0.4, 0.5) is 0 Å². The maximum absolute atomic E-state index is 12.4. The Morgan fingerprint density at radius 3 is 2.86 bits per heavy atom. The molecule has 2 aromatic carbocycles. The fraction of sp³-hybridized carbons (Fsp3) is 0.105. The molecule has 28 heavy (non-hydrogen) atoms. The summed E-state index contributed by atoms with van der Waals surface area (Å²) in [6.07, 6.45) is 1.44. The topological polar surface area (TPSA) is 92.0 Å². The molecule has 0 spiro atoms. The molecule has 0 N–H and O–H groups in total. The van der Waals surface area contributed by atoms with Crippen LogP contribution in [0.3, 0.4) is 0 Å². The fourth-order valence-corrected chi connectivity index (χ4v) is 2.88. The van der Waals surface area contributed by atoms with Gasteiger partial charge in [-0.2, -0.15) is 0 Å². The molecule has 4 rings (SSSR count). The van der Waals surface area contributed by atoms with Gasteiger partial charge in [0.2, 0.25) is 0 Å². The van der Waals surface area contributed by atoms with Gasteiger partial charge in [0.05, 0.1) is 23.9 Å². The molecular weight excluding hydrogens is 382 g/mol. The van der Waals surface area contributed by atoms with Crippen molar-refractivity contribution < 1.29 is 14.3 Å². The minimum absolute atomic E-state index is 0.00173. The van der Waals surface area contributed by atoms with E-state index in [9.17, 15) is 4.79 Å². The third-order valence-electron chi connectivity index (χ3n) is 4.11. The summed E-state index contributed by atoms with van der Waals surface area (Å²) in [7, 11) is 1.59. The zero-order valence-electron chi connectivity index (χ0n) is 14.7. The van der Waals surface area contributed by atoms with Crippen LogP contribution in [0.25, 0.3) is 16.6 Å². The van der Waals surface area contributed by atoms with Gasteiger partial charge in [-0.3, -0.25) is 0 Å². The number of tetrazole rings is 1. The van der Waals surface area contributed by atoms with Gasteiger partial charge in [0.25, 0.3) is 0 Å². The van der Waals surface area contributed by atoms with E-state index >= 15 is 0 Å². The van der Waals surface area contributed by atoms with Crippen molar-refractivity contribution in [1.82, 2.24) is 25.2 Å². The average molecular weight is 396 g/mol. The van der Waals surface area contributed by atoms with Gasteiger partial charge in [-0.25, -0.2) is 14.5 Å². The molecule has 0 radical (unpaired) electrons. The number of nitrogens with zero attached hydrogens (tertiary/aromatic N) is 5. The number of esters is 1. The van der Waals surface area contributed by atoms with Crippen LogP contribution < -0.4 is 4.74 Å². The van der Waals surface area contributed by atoms with Crippen LogP contribution in [0.2, 0.25) is 5.15 Å². The maximum Gasteiger partial charge on any atom is 0.338 e. The molecule has 0 aliphatic carbocycles. The number of benzene rings is 2. The summed E-state index contributed by atoms with van der Waals surface area (Å²) in [5.74, 6) is 0.207. The van der Waals surface area contributed by atoms with Crippen LogP contribution in [0, 0.1) is 0 Å². The van der Waals surface area contributed by atoms with Crippen LogP contribution in [-0.2, 0) is 11.3 Å². The molecule has 0 unspecified atom stereocenters. The monoisotopic (exact) mass is 395 g/mol. The maximum atomic E-state index is 12.4. The molecule has 0 aliphatic heterocycles. The van der Waals surface area contributed by atoms with E-state index in [1.165, 1.54) is 11.0 Å². The van der Waals surface area contributed by atoms with E-state index in [-0.39, 0.29) is 11.8 Å². The molecule has 0 amide bonds. The Balaban J connectivity index is 1.52. The van der Waals surface area contributed by atoms with Gasteiger partial charge in [0.1, 0.15) is 23.8 Å². The lowest BCUT2D eigenvalue weighted by molar-refractivity contribution is 0.0472. The third kappa shape index (κ3) is 3.63. The Morgan fingerprint density at radius 2 is 2.07 bits per heavy atom. The molecule has 0 saturated carbocycles. The summed E-state index contributed by atoms with van der Waals surface area (Å²) >= 11 is 6.25. The van der Waals surface area contributed by atoms with Gasteiger partial charge in [-0.05, 0) is 46.8 Å². The highest BCUT2D eigenvalue weighted by molar-refractivity contribution is 6.30. The number of rotatable bonds is 5. The Kier molecular flexibility index (Phi) is 4.86. The molecule has 9 heteroatoms. The van der Waals surface area contributed by atoms with Crippen molar-refractivity contribution in [3.05, 3.63) is 71.1 Å². The quantitative estimate of drug-likeness (QED) is 0.378. The smallest absolute Gasteiger partial charge is 0.338 e. The van der Waals surface area contributed by atoms with E-state index in [0.717, 1.165) is 5.39 Å².